The second kappa shape index (κ2) is 5.77. The van der Waals surface area contributed by atoms with Crippen LogP contribution in [0.2, 0.25) is 0 Å². The van der Waals surface area contributed by atoms with Gasteiger partial charge < -0.3 is 14.6 Å². The number of carboxylic acid groups (broad SMARTS) is 1. The molecule has 0 aliphatic rings. The molecule has 0 saturated carbocycles. The van der Waals surface area contributed by atoms with E-state index < -0.39 is 29.5 Å². The number of nitrogens with zero attached hydrogens (tertiary/aromatic N) is 1. The number of amides is 2. The van der Waals surface area contributed by atoms with Gasteiger partial charge in [0.15, 0.2) is 0 Å². The van der Waals surface area contributed by atoms with Gasteiger partial charge >= 0.3 is 18.3 Å². The number of hydroxylamine groups is 2. The van der Waals surface area contributed by atoms with Crippen molar-refractivity contribution >= 4 is 18.3 Å². The van der Waals surface area contributed by atoms with Crippen LogP contribution < -0.4 is 0 Å². The second-order valence-corrected chi connectivity index (χ2v) is 5.61. The zero-order chi connectivity index (χ0) is 15.4. The summed E-state index contributed by atoms with van der Waals surface area (Å²) in [4.78, 5) is 37.9. The van der Waals surface area contributed by atoms with Crippen LogP contribution in [0, 0.1) is 0 Å². The standard InChI is InChI=1S/C11H19NO7/c1-10(2,3)17-8(15)12(7(13)14)19-9(16)18-11(4,5)6/h1-6H3,(H,13,14). The van der Waals surface area contributed by atoms with E-state index in [2.05, 4.69) is 4.84 Å². The van der Waals surface area contributed by atoms with E-state index in [1.165, 1.54) is 0 Å². The molecule has 0 spiro atoms. The molecule has 0 heterocycles. The molecule has 0 aromatic heterocycles. The molecule has 19 heavy (non-hydrogen) atoms. The first-order valence-corrected chi connectivity index (χ1v) is 5.49. The smallest absolute Gasteiger partial charge is 0.462 e. The van der Waals surface area contributed by atoms with Crippen LogP contribution in [-0.2, 0) is 14.3 Å². The van der Waals surface area contributed by atoms with Gasteiger partial charge in [-0.1, -0.05) is 0 Å². The van der Waals surface area contributed by atoms with Crippen molar-refractivity contribution in [3.63, 3.8) is 0 Å². The Hall–Kier alpha value is -1.99. The molecule has 0 radical (unpaired) electrons. The summed E-state index contributed by atoms with van der Waals surface area (Å²) in [6.45, 7) is 9.31. The Bertz CT molecular complexity index is 364. The SMILES string of the molecule is CC(C)(C)OC(=O)ON(C(=O)O)C(=O)OC(C)(C)C. The largest absolute Gasteiger partial charge is 0.534 e. The molecule has 8 nitrogen and oxygen atoms in total. The van der Waals surface area contributed by atoms with E-state index in [1.54, 1.807) is 41.5 Å². The predicted octanol–water partition coefficient (Wildman–Crippen LogP) is 2.77. The number of imide groups is 1. The van der Waals surface area contributed by atoms with E-state index in [0.29, 0.717) is 0 Å². The lowest BCUT2D eigenvalue weighted by Crippen LogP contribution is -2.42. The predicted molar refractivity (Wildman–Crippen MR) is 63.4 cm³/mol. The van der Waals surface area contributed by atoms with Crippen molar-refractivity contribution in [2.24, 2.45) is 0 Å². The fourth-order valence-corrected chi connectivity index (χ4v) is 0.801. The van der Waals surface area contributed by atoms with Gasteiger partial charge in [0.2, 0.25) is 0 Å². The van der Waals surface area contributed by atoms with Gasteiger partial charge in [-0.3, -0.25) is 4.84 Å². The number of rotatable bonds is 0. The van der Waals surface area contributed by atoms with Gasteiger partial charge in [-0.15, -0.1) is 0 Å². The lowest BCUT2D eigenvalue weighted by molar-refractivity contribution is -0.118. The first-order valence-electron chi connectivity index (χ1n) is 5.49. The average Bonchev–Trinajstić information content (AvgIpc) is 2.07. The van der Waals surface area contributed by atoms with E-state index >= 15 is 0 Å². The summed E-state index contributed by atoms with van der Waals surface area (Å²) in [5.74, 6) is 0. The highest BCUT2D eigenvalue weighted by atomic mass is 16.9. The van der Waals surface area contributed by atoms with Crippen molar-refractivity contribution in [1.29, 1.82) is 0 Å². The fraction of sp³-hybridized carbons (Fsp3) is 0.727. The highest BCUT2D eigenvalue weighted by molar-refractivity contribution is 5.86. The minimum Gasteiger partial charge on any atom is -0.462 e. The number of carbonyl (C=O) groups is 3. The maximum atomic E-state index is 11.5. The maximum Gasteiger partial charge on any atom is 0.534 e. The average molecular weight is 277 g/mol. The number of hydrogen-bond acceptors (Lipinski definition) is 6. The van der Waals surface area contributed by atoms with Gasteiger partial charge in [-0.25, -0.2) is 14.4 Å². The van der Waals surface area contributed by atoms with E-state index in [1.807, 2.05) is 0 Å². The van der Waals surface area contributed by atoms with Crippen molar-refractivity contribution in [3.05, 3.63) is 0 Å². The van der Waals surface area contributed by atoms with Crippen LogP contribution in [0.15, 0.2) is 0 Å². The molecule has 0 atom stereocenters. The summed E-state index contributed by atoms with van der Waals surface area (Å²) < 4.78 is 9.49. The first kappa shape index (κ1) is 17.0. The van der Waals surface area contributed by atoms with Crippen LogP contribution in [0.1, 0.15) is 41.5 Å². The Balaban J connectivity index is 4.72. The third-order valence-electron chi connectivity index (χ3n) is 1.29. The van der Waals surface area contributed by atoms with Crippen molar-refractivity contribution in [3.8, 4) is 0 Å². The van der Waals surface area contributed by atoms with Crippen LogP contribution in [0.3, 0.4) is 0 Å². The Morgan fingerprint density at radius 2 is 1.32 bits per heavy atom. The molecule has 1 N–H and O–H groups in total. The molecule has 0 saturated heterocycles. The monoisotopic (exact) mass is 277 g/mol. The molecular formula is C11H19NO7. The van der Waals surface area contributed by atoms with Crippen LogP contribution >= 0.6 is 0 Å². The molecule has 0 bridgehead atoms. The molecule has 0 fully saturated rings. The van der Waals surface area contributed by atoms with Gasteiger partial charge in [-0.05, 0) is 46.6 Å². The number of ether oxygens (including phenoxy) is 2. The lowest BCUT2D eigenvalue weighted by atomic mass is 10.2. The summed E-state index contributed by atoms with van der Waals surface area (Å²) in [5.41, 5.74) is -1.81. The van der Waals surface area contributed by atoms with Gasteiger partial charge in [-0.2, -0.15) is 0 Å². The summed E-state index contributed by atoms with van der Waals surface area (Å²) in [7, 11) is 0. The molecule has 110 valence electrons. The van der Waals surface area contributed by atoms with Crippen molar-refractivity contribution in [2.75, 3.05) is 0 Å². The fourth-order valence-electron chi connectivity index (χ4n) is 0.801. The third-order valence-corrected chi connectivity index (χ3v) is 1.29. The highest BCUT2D eigenvalue weighted by Gasteiger charge is 2.32. The minimum atomic E-state index is -1.79. The van der Waals surface area contributed by atoms with Gasteiger partial charge in [0.05, 0.1) is 0 Å². The van der Waals surface area contributed by atoms with Crippen LogP contribution in [0.5, 0.6) is 0 Å². The molecule has 0 aliphatic carbocycles. The number of carbonyl (C=O) groups excluding carboxylic acids is 2. The highest BCUT2D eigenvalue weighted by Crippen LogP contribution is 2.13. The minimum absolute atomic E-state index is 0.223. The molecule has 8 heteroatoms. The van der Waals surface area contributed by atoms with E-state index in [-0.39, 0.29) is 5.06 Å². The zero-order valence-corrected chi connectivity index (χ0v) is 11.8. The van der Waals surface area contributed by atoms with Gasteiger partial charge in [0.25, 0.3) is 0 Å². The third kappa shape index (κ3) is 7.85. The van der Waals surface area contributed by atoms with E-state index in [0.717, 1.165) is 0 Å². The Kier molecular flexibility index (Phi) is 5.16. The van der Waals surface area contributed by atoms with Crippen molar-refractivity contribution in [1.82, 2.24) is 5.06 Å². The lowest BCUT2D eigenvalue weighted by Gasteiger charge is -2.24. The Morgan fingerprint density at radius 1 is 0.895 bits per heavy atom. The van der Waals surface area contributed by atoms with Gasteiger partial charge in [0, 0.05) is 0 Å². The molecule has 2 amide bonds. The van der Waals surface area contributed by atoms with Crippen molar-refractivity contribution in [2.45, 2.75) is 52.7 Å². The summed E-state index contributed by atoms with van der Waals surface area (Å²) in [6.07, 6.45) is -4.44. The molecule has 0 aromatic rings. The topological polar surface area (TPSA) is 102 Å². The Morgan fingerprint density at radius 3 is 1.63 bits per heavy atom. The first-order chi connectivity index (χ1) is 8.32. The molecular weight excluding hydrogens is 258 g/mol. The zero-order valence-electron chi connectivity index (χ0n) is 11.8. The van der Waals surface area contributed by atoms with Crippen LogP contribution in [-0.4, -0.2) is 39.7 Å². The number of hydrogen-bond donors (Lipinski definition) is 1. The second-order valence-electron chi connectivity index (χ2n) is 5.61. The van der Waals surface area contributed by atoms with Gasteiger partial charge in [0.1, 0.15) is 11.2 Å². The Labute approximate surface area is 111 Å². The van der Waals surface area contributed by atoms with E-state index in [4.69, 9.17) is 14.6 Å². The normalized spacial score (nSPS) is 11.5. The molecule has 0 rings (SSSR count). The molecule has 0 unspecified atom stereocenters. The van der Waals surface area contributed by atoms with Crippen LogP contribution in [0.4, 0.5) is 14.4 Å². The molecule has 0 aliphatic heterocycles. The maximum absolute atomic E-state index is 11.5. The summed E-state index contributed by atoms with van der Waals surface area (Å²) >= 11 is 0. The van der Waals surface area contributed by atoms with E-state index in [9.17, 15) is 14.4 Å². The molecule has 0 aromatic carbocycles. The summed E-state index contributed by atoms with van der Waals surface area (Å²) in [6, 6.07) is 0. The quantitative estimate of drug-likeness (QED) is 0.536. The van der Waals surface area contributed by atoms with Crippen LogP contribution in [0.25, 0.3) is 0 Å². The summed E-state index contributed by atoms with van der Waals surface area (Å²) in [5, 5.41) is 8.56. The van der Waals surface area contributed by atoms with Crippen molar-refractivity contribution < 1.29 is 33.8 Å².